The van der Waals surface area contributed by atoms with Gasteiger partial charge < -0.3 is 9.73 Å². The Labute approximate surface area is 219 Å². The Morgan fingerprint density at radius 3 is 1.66 bits per heavy atom. The van der Waals surface area contributed by atoms with E-state index in [4.69, 9.17) is 4.42 Å². The van der Waals surface area contributed by atoms with Crippen LogP contribution >= 0.6 is 0 Å². The van der Waals surface area contributed by atoms with Crippen molar-refractivity contribution in [1.82, 2.24) is 0 Å². The van der Waals surface area contributed by atoms with E-state index < -0.39 is 0 Å². The third-order valence-corrected chi connectivity index (χ3v) is 7.64. The lowest BCUT2D eigenvalue weighted by molar-refractivity contribution is 0.669. The van der Waals surface area contributed by atoms with E-state index in [0.29, 0.717) is 0 Å². The first-order valence-electron chi connectivity index (χ1n) is 12.9. The molecular formula is C36H23NO. The molecule has 0 atom stereocenters. The van der Waals surface area contributed by atoms with Crippen LogP contribution in [-0.2, 0) is 0 Å². The van der Waals surface area contributed by atoms with E-state index in [2.05, 4.69) is 115 Å². The summed E-state index contributed by atoms with van der Waals surface area (Å²) in [5, 5.41) is 13.6. The van der Waals surface area contributed by atoms with Gasteiger partial charge in [-0.15, -0.1) is 0 Å². The van der Waals surface area contributed by atoms with E-state index in [-0.39, 0.29) is 0 Å². The molecule has 1 N–H and O–H groups in total. The number of hydrogen-bond acceptors (Lipinski definition) is 2. The van der Waals surface area contributed by atoms with Crippen LogP contribution in [0.1, 0.15) is 0 Å². The zero-order valence-electron chi connectivity index (χ0n) is 20.6. The van der Waals surface area contributed by atoms with Crippen molar-refractivity contribution in [1.29, 1.82) is 0 Å². The molecule has 178 valence electrons. The second-order valence-electron chi connectivity index (χ2n) is 9.83. The summed E-state index contributed by atoms with van der Waals surface area (Å²) in [5.41, 5.74) is 6.30. The first-order valence-corrected chi connectivity index (χ1v) is 12.9. The number of hydrogen-bond donors (Lipinski definition) is 1. The average Bonchev–Trinajstić information content (AvgIpc) is 3.37. The fourth-order valence-electron chi connectivity index (χ4n) is 5.87. The fraction of sp³-hybridized carbons (Fsp3) is 0. The lowest BCUT2D eigenvalue weighted by Gasteiger charge is -2.12. The monoisotopic (exact) mass is 485 g/mol. The summed E-state index contributed by atoms with van der Waals surface area (Å²) in [6.07, 6.45) is 0. The Balaban J connectivity index is 1.20. The van der Waals surface area contributed by atoms with Crippen molar-refractivity contribution in [3.8, 4) is 11.1 Å². The lowest BCUT2D eigenvalue weighted by Crippen LogP contribution is -1.91. The molecule has 7 aromatic carbocycles. The quantitative estimate of drug-likeness (QED) is 0.252. The summed E-state index contributed by atoms with van der Waals surface area (Å²) >= 11 is 0. The molecule has 0 saturated heterocycles. The fourth-order valence-corrected chi connectivity index (χ4v) is 5.87. The zero-order chi connectivity index (χ0) is 25.1. The highest BCUT2D eigenvalue weighted by atomic mass is 16.3. The minimum Gasteiger partial charge on any atom is -0.456 e. The van der Waals surface area contributed by atoms with E-state index in [0.717, 1.165) is 33.3 Å². The van der Waals surface area contributed by atoms with Crippen molar-refractivity contribution in [3.05, 3.63) is 133 Å². The highest BCUT2D eigenvalue weighted by Gasteiger charge is 2.12. The smallest absolute Gasteiger partial charge is 0.137 e. The molecule has 2 nitrogen and oxygen atoms in total. The van der Waals surface area contributed by atoms with Crippen LogP contribution in [-0.4, -0.2) is 0 Å². The van der Waals surface area contributed by atoms with Crippen molar-refractivity contribution < 1.29 is 4.42 Å². The summed E-state index contributed by atoms with van der Waals surface area (Å²) in [6, 6.07) is 47.3. The Kier molecular flexibility index (Phi) is 4.55. The maximum absolute atomic E-state index is 6.06. The number of benzene rings is 7. The first-order chi connectivity index (χ1) is 18.8. The summed E-state index contributed by atoms with van der Waals surface area (Å²) in [6.45, 7) is 0. The van der Waals surface area contributed by atoms with Crippen molar-refractivity contribution in [2.45, 2.75) is 0 Å². The van der Waals surface area contributed by atoms with Gasteiger partial charge in [-0.2, -0.15) is 0 Å². The van der Waals surface area contributed by atoms with Crippen molar-refractivity contribution in [2.75, 3.05) is 5.32 Å². The second-order valence-corrected chi connectivity index (χ2v) is 9.83. The molecule has 1 aromatic heterocycles. The molecule has 0 aliphatic rings. The lowest BCUT2D eigenvalue weighted by atomic mass is 9.92. The molecule has 1 heterocycles. The van der Waals surface area contributed by atoms with Crippen molar-refractivity contribution in [3.63, 3.8) is 0 Å². The Morgan fingerprint density at radius 2 is 0.947 bits per heavy atom. The first kappa shape index (κ1) is 21.0. The highest BCUT2D eigenvalue weighted by Crippen LogP contribution is 2.38. The molecule has 0 aliphatic heterocycles. The zero-order valence-corrected chi connectivity index (χ0v) is 20.6. The normalized spacial score (nSPS) is 11.7. The SMILES string of the molecule is c1ccc2c(c1)oc1cccc(Nc3ccc(-c4ccc5c6ccccc6c6ccccc6c5c4)cc3)c12. The molecule has 8 rings (SSSR count). The average molecular weight is 486 g/mol. The van der Waals surface area contributed by atoms with Gasteiger partial charge >= 0.3 is 0 Å². The van der Waals surface area contributed by atoms with Gasteiger partial charge in [-0.3, -0.25) is 0 Å². The predicted molar refractivity (Wildman–Crippen MR) is 161 cm³/mol. The molecule has 0 fully saturated rings. The van der Waals surface area contributed by atoms with Crippen molar-refractivity contribution in [2.24, 2.45) is 0 Å². The molecule has 0 amide bonds. The van der Waals surface area contributed by atoms with Gasteiger partial charge in [-0.1, -0.05) is 97.1 Å². The molecule has 0 unspecified atom stereocenters. The highest BCUT2D eigenvalue weighted by molar-refractivity contribution is 6.25. The van der Waals surface area contributed by atoms with Crippen LogP contribution < -0.4 is 5.32 Å². The number of fused-ring (bicyclic) bond motifs is 9. The van der Waals surface area contributed by atoms with Gasteiger partial charge in [0.25, 0.3) is 0 Å². The van der Waals surface area contributed by atoms with Crippen LogP contribution in [0.15, 0.2) is 138 Å². The topological polar surface area (TPSA) is 25.2 Å². The van der Waals surface area contributed by atoms with Gasteiger partial charge in [-0.05, 0) is 79.8 Å². The molecule has 38 heavy (non-hydrogen) atoms. The molecule has 0 spiro atoms. The molecule has 0 radical (unpaired) electrons. The van der Waals surface area contributed by atoms with Crippen molar-refractivity contribution >= 4 is 65.6 Å². The van der Waals surface area contributed by atoms with Crippen LogP contribution in [0.25, 0.3) is 65.4 Å². The maximum atomic E-state index is 6.06. The Hall–Kier alpha value is -5.08. The molecule has 0 aliphatic carbocycles. The summed E-state index contributed by atoms with van der Waals surface area (Å²) in [4.78, 5) is 0. The number of rotatable bonds is 3. The van der Waals surface area contributed by atoms with E-state index >= 15 is 0 Å². The van der Waals surface area contributed by atoms with Gasteiger partial charge in [0, 0.05) is 11.1 Å². The number of furan rings is 1. The summed E-state index contributed by atoms with van der Waals surface area (Å²) in [5.74, 6) is 0. The standard InChI is InChI=1S/C36H23NO/c1-2-10-28-26(8-1)27-9-3-4-11-29(27)32-22-24(18-21-30(28)32)23-16-19-25(20-17-23)37-33-13-7-15-35-36(33)31-12-5-6-14-34(31)38-35/h1-22,37H. The third-order valence-electron chi connectivity index (χ3n) is 7.64. The van der Waals surface area contributed by atoms with Crippen LogP contribution in [0.2, 0.25) is 0 Å². The van der Waals surface area contributed by atoms with Gasteiger partial charge in [0.2, 0.25) is 0 Å². The predicted octanol–water partition coefficient (Wildman–Crippen LogP) is 10.5. The van der Waals surface area contributed by atoms with Crippen LogP contribution in [0, 0.1) is 0 Å². The van der Waals surface area contributed by atoms with E-state index in [1.54, 1.807) is 0 Å². The minimum absolute atomic E-state index is 0.892. The molecule has 2 heteroatoms. The summed E-state index contributed by atoms with van der Waals surface area (Å²) in [7, 11) is 0. The largest absolute Gasteiger partial charge is 0.456 e. The molecule has 0 saturated carbocycles. The van der Waals surface area contributed by atoms with Crippen LogP contribution in [0.3, 0.4) is 0 Å². The minimum atomic E-state index is 0.892. The summed E-state index contributed by atoms with van der Waals surface area (Å²) < 4.78 is 6.06. The Morgan fingerprint density at radius 1 is 0.395 bits per heavy atom. The van der Waals surface area contributed by atoms with E-state index in [1.165, 1.54) is 43.4 Å². The van der Waals surface area contributed by atoms with Gasteiger partial charge in [0.1, 0.15) is 11.2 Å². The van der Waals surface area contributed by atoms with E-state index in [9.17, 15) is 0 Å². The second kappa shape index (κ2) is 8.22. The van der Waals surface area contributed by atoms with Gasteiger partial charge in [-0.25, -0.2) is 0 Å². The molecular weight excluding hydrogens is 462 g/mol. The number of para-hydroxylation sites is 1. The number of anilines is 2. The molecule has 8 aromatic rings. The Bertz CT molecular complexity index is 2120. The van der Waals surface area contributed by atoms with Crippen LogP contribution in [0.4, 0.5) is 11.4 Å². The van der Waals surface area contributed by atoms with Gasteiger partial charge in [0.15, 0.2) is 0 Å². The maximum Gasteiger partial charge on any atom is 0.137 e. The van der Waals surface area contributed by atoms with Gasteiger partial charge in [0.05, 0.1) is 11.1 Å². The molecule has 0 bridgehead atoms. The third kappa shape index (κ3) is 3.21. The van der Waals surface area contributed by atoms with E-state index in [1.807, 2.05) is 24.3 Å². The van der Waals surface area contributed by atoms with Crippen LogP contribution in [0.5, 0.6) is 0 Å². The number of nitrogens with one attached hydrogen (secondary N) is 1.